The molecule has 1 aromatic carbocycles. The van der Waals surface area contributed by atoms with Crippen LogP contribution in [0.25, 0.3) is 0 Å². The van der Waals surface area contributed by atoms with Gasteiger partial charge in [-0.25, -0.2) is 4.39 Å². The molecule has 0 bridgehead atoms. The van der Waals surface area contributed by atoms with Crippen molar-refractivity contribution in [3.05, 3.63) is 30.1 Å². The predicted octanol–water partition coefficient (Wildman–Crippen LogP) is 3.06. The average Bonchev–Trinajstić information content (AvgIpc) is 2.60. The van der Waals surface area contributed by atoms with E-state index in [1.54, 1.807) is 17.0 Å². The minimum absolute atomic E-state index is 0.170. The van der Waals surface area contributed by atoms with Gasteiger partial charge in [0.1, 0.15) is 5.82 Å². The maximum Gasteiger partial charge on any atom is 0.123 e. The van der Waals surface area contributed by atoms with Gasteiger partial charge >= 0.3 is 0 Å². The van der Waals surface area contributed by atoms with E-state index >= 15 is 0 Å². The maximum absolute atomic E-state index is 13.1. The number of ether oxygens (including phenoxy) is 1. The zero-order chi connectivity index (χ0) is 19.4. The molecule has 27 heavy (non-hydrogen) atoms. The van der Waals surface area contributed by atoms with Gasteiger partial charge in [-0.3, -0.25) is 0 Å². The highest BCUT2D eigenvalue weighted by molar-refractivity contribution is 7.81. The fourth-order valence-electron chi connectivity index (χ4n) is 4.96. The third-order valence-corrected chi connectivity index (χ3v) is 6.39. The Morgan fingerprint density at radius 1 is 1.22 bits per heavy atom. The molecule has 5 heteroatoms. The number of hydrogen-bond acceptors (Lipinski definition) is 3. The van der Waals surface area contributed by atoms with E-state index in [1.165, 1.54) is 19.3 Å². The van der Waals surface area contributed by atoms with E-state index in [-0.39, 0.29) is 11.1 Å². The molecule has 1 aromatic rings. The van der Waals surface area contributed by atoms with Crippen LogP contribution < -0.4 is 9.80 Å². The van der Waals surface area contributed by atoms with Crippen molar-refractivity contribution >= 4 is 18.3 Å². The number of rotatable bonds is 6. The topological polar surface area (TPSA) is 16.9 Å². The summed E-state index contributed by atoms with van der Waals surface area (Å²) in [7, 11) is 0. The van der Waals surface area contributed by atoms with Crippen molar-refractivity contribution < 1.29 is 14.0 Å². The molecule has 1 saturated carbocycles. The van der Waals surface area contributed by atoms with Gasteiger partial charge in [-0.2, -0.15) is 12.6 Å². The molecule has 1 N–H and O–H groups in total. The second-order valence-corrected chi connectivity index (χ2v) is 10.2. The highest BCUT2D eigenvalue weighted by atomic mass is 32.1. The third-order valence-electron chi connectivity index (χ3n) is 6.06. The smallest absolute Gasteiger partial charge is 0.123 e. The highest BCUT2D eigenvalue weighted by Gasteiger charge is 2.33. The van der Waals surface area contributed by atoms with Crippen LogP contribution in [0.5, 0.6) is 0 Å². The Hall–Kier alpha value is -0.780. The standard InChI is InChI=1S/C22H35FN2OS/c1-17-12-20(14-22(2,3)13-17)26-16-21(27)15-24-8-10-25(11-9-24)19-6-4-18(23)5-7-19/h4-7,17,20-21,27H,8-16H2,1-3H3/p+1/t17-,20-,21-/m1/s1. The van der Waals surface area contributed by atoms with Crippen molar-refractivity contribution in [2.75, 3.05) is 44.2 Å². The first kappa shape index (κ1) is 20.9. The fourth-order valence-corrected chi connectivity index (χ4v) is 5.31. The number of thiol groups is 1. The van der Waals surface area contributed by atoms with Crippen LogP contribution in [0.15, 0.2) is 24.3 Å². The van der Waals surface area contributed by atoms with Gasteiger partial charge in [0.2, 0.25) is 0 Å². The van der Waals surface area contributed by atoms with Gasteiger partial charge in [-0.05, 0) is 54.9 Å². The number of benzene rings is 1. The number of anilines is 1. The summed E-state index contributed by atoms with van der Waals surface area (Å²) in [6.45, 7) is 13.1. The summed E-state index contributed by atoms with van der Waals surface area (Å²) in [6.07, 6.45) is 4.05. The van der Waals surface area contributed by atoms with Crippen molar-refractivity contribution in [2.45, 2.75) is 51.4 Å². The molecule has 0 aromatic heterocycles. The Balaban J connectivity index is 1.38. The Kier molecular flexibility index (Phi) is 7.09. The van der Waals surface area contributed by atoms with Crippen LogP contribution in [0.3, 0.4) is 0 Å². The monoisotopic (exact) mass is 395 g/mol. The van der Waals surface area contributed by atoms with Crippen LogP contribution in [0, 0.1) is 17.2 Å². The molecule has 3 rings (SSSR count). The summed E-state index contributed by atoms with van der Waals surface area (Å²) in [5.41, 5.74) is 1.52. The van der Waals surface area contributed by atoms with Crippen LogP contribution in [0.1, 0.15) is 40.0 Å². The molecule has 0 unspecified atom stereocenters. The number of nitrogens with one attached hydrogen (secondary N) is 1. The Labute approximate surface area is 169 Å². The van der Waals surface area contributed by atoms with Crippen LogP contribution in [-0.4, -0.2) is 50.7 Å². The van der Waals surface area contributed by atoms with E-state index in [4.69, 9.17) is 17.4 Å². The lowest BCUT2D eigenvalue weighted by molar-refractivity contribution is -0.900. The molecule has 2 fully saturated rings. The number of nitrogens with zero attached hydrogens (tertiary/aromatic N) is 1. The minimum Gasteiger partial charge on any atom is -0.377 e. The van der Waals surface area contributed by atoms with E-state index < -0.39 is 0 Å². The third kappa shape index (κ3) is 6.37. The Morgan fingerprint density at radius 2 is 1.89 bits per heavy atom. The van der Waals surface area contributed by atoms with Gasteiger partial charge in [-0.1, -0.05) is 20.8 Å². The molecule has 0 amide bonds. The van der Waals surface area contributed by atoms with Crippen LogP contribution in [0.4, 0.5) is 10.1 Å². The lowest BCUT2D eigenvalue weighted by Crippen LogP contribution is -3.15. The van der Waals surface area contributed by atoms with E-state index in [0.717, 1.165) is 50.9 Å². The first-order valence-electron chi connectivity index (χ1n) is 10.4. The molecular formula is C22H36FN2OS+. The van der Waals surface area contributed by atoms with E-state index in [1.807, 2.05) is 12.1 Å². The number of piperazine rings is 1. The summed E-state index contributed by atoms with van der Waals surface area (Å²) in [4.78, 5) is 3.94. The summed E-state index contributed by atoms with van der Waals surface area (Å²) < 4.78 is 19.3. The molecule has 152 valence electrons. The number of hydrogen-bond donors (Lipinski definition) is 2. The highest BCUT2D eigenvalue weighted by Crippen LogP contribution is 2.39. The van der Waals surface area contributed by atoms with E-state index in [0.29, 0.717) is 11.5 Å². The zero-order valence-electron chi connectivity index (χ0n) is 17.1. The van der Waals surface area contributed by atoms with E-state index in [9.17, 15) is 4.39 Å². The molecule has 0 radical (unpaired) electrons. The van der Waals surface area contributed by atoms with Gasteiger partial charge in [0.15, 0.2) is 0 Å². The lowest BCUT2D eigenvalue weighted by atomic mass is 9.71. The van der Waals surface area contributed by atoms with Crippen molar-refractivity contribution in [1.82, 2.24) is 0 Å². The Bertz CT molecular complexity index is 586. The van der Waals surface area contributed by atoms with Crippen molar-refractivity contribution in [3.63, 3.8) is 0 Å². The zero-order valence-corrected chi connectivity index (χ0v) is 18.0. The molecule has 1 aliphatic carbocycles. The van der Waals surface area contributed by atoms with Crippen molar-refractivity contribution in [2.24, 2.45) is 11.3 Å². The molecule has 0 spiro atoms. The summed E-state index contributed by atoms with van der Waals surface area (Å²) in [6, 6.07) is 6.84. The molecule has 1 aliphatic heterocycles. The molecule has 2 aliphatic rings. The summed E-state index contributed by atoms with van der Waals surface area (Å²) in [5.74, 6) is 0.582. The van der Waals surface area contributed by atoms with Crippen molar-refractivity contribution in [1.29, 1.82) is 0 Å². The quantitative estimate of drug-likeness (QED) is 0.721. The van der Waals surface area contributed by atoms with Gasteiger partial charge in [0, 0.05) is 5.69 Å². The van der Waals surface area contributed by atoms with Crippen LogP contribution in [0.2, 0.25) is 0 Å². The van der Waals surface area contributed by atoms with Crippen LogP contribution >= 0.6 is 12.6 Å². The molecular weight excluding hydrogens is 359 g/mol. The minimum atomic E-state index is -0.170. The predicted molar refractivity (Wildman–Crippen MR) is 113 cm³/mol. The lowest BCUT2D eigenvalue weighted by Gasteiger charge is -2.39. The SMILES string of the molecule is C[C@@H]1C[C@@H](OC[C@H](S)C[NH+]2CCN(c3ccc(F)cc3)CC2)CC(C)(C)C1. The van der Waals surface area contributed by atoms with Gasteiger partial charge in [-0.15, -0.1) is 0 Å². The van der Waals surface area contributed by atoms with Crippen LogP contribution in [-0.2, 0) is 4.74 Å². The first-order valence-corrected chi connectivity index (χ1v) is 11.0. The Morgan fingerprint density at radius 3 is 2.52 bits per heavy atom. The van der Waals surface area contributed by atoms with Gasteiger partial charge < -0.3 is 14.5 Å². The second-order valence-electron chi connectivity index (χ2n) is 9.44. The molecule has 1 heterocycles. The largest absolute Gasteiger partial charge is 0.377 e. The molecule has 3 atom stereocenters. The maximum atomic E-state index is 13.1. The molecule has 3 nitrogen and oxygen atoms in total. The van der Waals surface area contributed by atoms with Gasteiger partial charge in [0.05, 0.1) is 50.7 Å². The summed E-state index contributed by atoms with van der Waals surface area (Å²) in [5, 5.41) is 0.290. The van der Waals surface area contributed by atoms with E-state index in [2.05, 4.69) is 25.7 Å². The first-order chi connectivity index (χ1) is 12.8. The molecule has 1 saturated heterocycles. The average molecular weight is 396 g/mol. The number of halogens is 1. The van der Waals surface area contributed by atoms with Crippen molar-refractivity contribution in [3.8, 4) is 0 Å². The fraction of sp³-hybridized carbons (Fsp3) is 0.727. The van der Waals surface area contributed by atoms with Gasteiger partial charge in [0.25, 0.3) is 0 Å². The number of quaternary nitrogens is 1. The summed E-state index contributed by atoms with van der Waals surface area (Å²) >= 11 is 4.81. The second kappa shape index (κ2) is 9.15. The normalized spacial score (nSPS) is 27.5.